The summed E-state index contributed by atoms with van der Waals surface area (Å²) in [6, 6.07) is 2.95. The highest BCUT2D eigenvalue weighted by molar-refractivity contribution is 5.46. The highest BCUT2D eigenvalue weighted by atomic mass is 16.6. The predicted octanol–water partition coefficient (Wildman–Crippen LogP) is 1.48. The number of imidazole rings is 1. The van der Waals surface area contributed by atoms with Gasteiger partial charge in [-0.05, 0) is 13.0 Å². The zero-order valence-electron chi connectivity index (χ0n) is 7.99. The average molecular weight is 204 g/mol. The molecule has 0 spiro atoms. The Labute approximate surface area is 85.4 Å². The second kappa shape index (κ2) is 3.49. The van der Waals surface area contributed by atoms with E-state index in [1.807, 2.05) is 0 Å². The lowest BCUT2D eigenvalue weighted by Crippen LogP contribution is -2.03. The van der Waals surface area contributed by atoms with Crippen molar-refractivity contribution in [2.45, 2.75) is 6.92 Å². The van der Waals surface area contributed by atoms with E-state index in [1.54, 1.807) is 23.9 Å². The molecule has 0 aliphatic rings. The van der Waals surface area contributed by atoms with Gasteiger partial charge < -0.3 is 0 Å². The van der Waals surface area contributed by atoms with Gasteiger partial charge in [0.25, 0.3) is 0 Å². The van der Waals surface area contributed by atoms with Crippen LogP contribution in [0.1, 0.15) is 5.82 Å². The third-order valence-corrected chi connectivity index (χ3v) is 2.02. The van der Waals surface area contributed by atoms with Gasteiger partial charge in [0.1, 0.15) is 5.82 Å². The first-order valence-electron chi connectivity index (χ1n) is 4.30. The molecule has 0 bridgehead atoms. The number of rotatable bonds is 2. The summed E-state index contributed by atoms with van der Waals surface area (Å²) in [5, 5.41) is 10.8. The molecular formula is C9H8N4O2. The second-order valence-corrected chi connectivity index (χ2v) is 2.95. The predicted molar refractivity (Wildman–Crippen MR) is 52.8 cm³/mol. The van der Waals surface area contributed by atoms with Gasteiger partial charge in [-0.1, -0.05) is 0 Å². The maximum absolute atomic E-state index is 10.8. The van der Waals surface area contributed by atoms with Crippen LogP contribution in [0, 0.1) is 17.0 Å². The fourth-order valence-corrected chi connectivity index (χ4v) is 1.32. The molecule has 2 rings (SSSR count). The molecule has 2 aromatic rings. The maximum atomic E-state index is 10.8. The van der Waals surface area contributed by atoms with Gasteiger partial charge in [-0.15, -0.1) is 0 Å². The molecule has 0 fully saturated rings. The summed E-state index contributed by atoms with van der Waals surface area (Å²) in [5.41, 5.74) is -0.0291. The summed E-state index contributed by atoms with van der Waals surface area (Å²) in [6.45, 7) is 1.76. The Balaban J connectivity index is 2.63. The molecule has 0 aliphatic carbocycles. The van der Waals surface area contributed by atoms with Gasteiger partial charge in [0, 0.05) is 24.7 Å². The maximum Gasteiger partial charge on any atom is 0.312 e. The molecule has 0 atom stereocenters. The molecule has 2 heterocycles. The molecule has 0 aliphatic heterocycles. The Morgan fingerprint density at radius 1 is 1.40 bits per heavy atom. The van der Waals surface area contributed by atoms with Crippen LogP contribution in [0.4, 0.5) is 5.69 Å². The average Bonchev–Trinajstić information content (AvgIpc) is 2.64. The van der Waals surface area contributed by atoms with Crippen LogP contribution in [0.15, 0.2) is 30.7 Å². The fourth-order valence-electron chi connectivity index (χ4n) is 1.32. The van der Waals surface area contributed by atoms with Crippen LogP contribution in [0.2, 0.25) is 0 Å². The monoisotopic (exact) mass is 204 g/mol. The van der Waals surface area contributed by atoms with Gasteiger partial charge >= 0.3 is 5.69 Å². The first kappa shape index (κ1) is 9.32. The molecule has 2 aromatic heterocycles. The number of hydrogen-bond acceptors (Lipinski definition) is 4. The zero-order chi connectivity index (χ0) is 10.8. The van der Waals surface area contributed by atoms with E-state index >= 15 is 0 Å². The second-order valence-electron chi connectivity index (χ2n) is 2.95. The highest BCUT2D eigenvalue weighted by Crippen LogP contribution is 2.20. The summed E-state index contributed by atoms with van der Waals surface area (Å²) in [6.07, 6.45) is 4.74. The number of hydrogen-bond donors (Lipinski definition) is 0. The van der Waals surface area contributed by atoms with Crippen LogP contribution < -0.4 is 0 Å². The third kappa shape index (κ3) is 1.56. The van der Waals surface area contributed by atoms with E-state index in [9.17, 15) is 10.1 Å². The molecule has 0 unspecified atom stereocenters. The molecule has 76 valence electrons. The third-order valence-electron chi connectivity index (χ3n) is 2.02. The molecule has 6 heteroatoms. The number of nitrogens with zero attached hydrogens (tertiary/aromatic N) is 4. The van der Waals surface area contributed by atoms with E-state index in [4.69, 9.17) is 0 Å². The van der Waals surface area contributed by atoms with E-state index < -0.39 is 4.92 Å². The van der Waals surface area contributed by atoms with Gasteiger partial charge in [-0.3, -0.25) is 14.7 Å². The van der Waals surface area contributed by atoms with Crippen LogP contribution >= 0.6 is 0 Å². The SMILES string of the molecule is Cc1nccn1-c1ncccc1[N+](=O)[O-]. The van der Waals surface area contributed by atoms with Crippen molar-refractivity contribution in [3.63, 3.8) is 0 Å². The molecule has 0 saturated heterocycles. The number of aromatic nitrogens is 3. The van der Waals surface area contributed by atoms with Crippen LogP contribution in [0.25, 0.3) is 5.82 Å². The number of aryl methyl sites for hydroxylation is 1. The lowest BCUT2D eigenvalue weighted by Gasteiger charge is -2.03. The lowest BCUT2D eigenvalue weighted by molar-refractivity contribution is -0.384. The topological polar surface area (TPSA) is 73.8 Å². The molecular weight excluding hydrogens is 196 g/mol. The largest absolute Gasteiger partial charge is 0.312 e. The van der Waals surface area contributed by atoms with E-state index in [-0.39, 0.29) is 11.5 Å². The fraction of sp³-hybridized carbons (Fsp3) is 0.111. The van der Waals surface area contributed by atoms with Crippen molar-refractivity contribution in [2.75, 3.05) is 0 Å². The first-order chi connectivity index (χ1) is 7.20. The van der Waals surface area contributed by atoms with Crippen molar-refractivity contribution in [3.8, 4) is 5.82 Å². The van der Waals surface area contributed by atoms with Crippen molar-refractivity contribution in [1.82, 2.24) is 14.5 Å². The van der Waals surface area contributed by atoms with Crippen molar-refractivity contribution < 1.29 is 4.92 Å². The highest BCUT2D eigenvalue weighted by Gasteiger charge is 2.16. The van der Waals surface area contributed by atoms with Gasteiger partial charge in [0.2, 0.25) is 5.82 Å². The smallest absolute Gasteiger partial charge is 0.282 e. The van der Waals surface area contributed by atoms with Crippen molar-refractivity contribution in [3.05, 3.63) is 46.7 Å². The standard InChI is InChI=1S/C9H8N4O2/c1-7-10-5-6-12(7)9-8(13(14)15)3-2-4-11-9/h2-6H,1H3. The summed E-state index contributed by atoms with van der Waals surface area (Å²) >= 11 is 0. The molecule has 0 N–H and O–H groups in total. The summed E-state index contributed by atoms with van der Waals surface area (Å²) < 4.78 is 1.58. The molecule has 0 amide bonds. The first-order valence-corrected chi connectivity index (χ1v) is 4.30. The van der Waals surface area contributed by atoms with Crippen molar-refractivity contribution in [2.24, 2.45) is 0 Å². The lowest BCUT2D eigenvalue weighted by atomic mass is 10.4. The van der Waals surface area contributed by atoms with E-state index in [0.717, 1.165) is 0 Å². The van der Waals surface area contributed by atoms with E-state index in [1.165, 1.54) is 18.3 Å². The molecule has 15 heavy (non-hydrogen) atoms. The Bertz CT molecular complexity index is 506. The van der Waals surface area contributed by atoms with E-state index in [0.29, 0.717) is 5.82 Å². The molecule has 6 nitrogen and oxygen atoms in total. The van der Waals surface area contributed by atoms with Crippen LogP contribution in [-0.4, -0.2) is 19.5 Å². The van der Waals surface area contributed by atoms with Crippen LogP contribution in [-0.2, 0) is 0 Å². The Kier molecular flexibility index (Phi) is 2.17. The number of pyridine rings is 1. The summed E-state index contributed by atoms with van der Waals surface area (Å²) in [7, 11) is 0. The minimum atomic E-state index is -0.457. The van der Waals surface area contributed by atoms with E-state index in [2.05, 4.69) is 9.97 Å². The van der Waals surface area contributed by atoms with Crippen molar-refractivity contribution in [1.29, 1.82) is 0 Å². The number of nitro groups is 1. The molecule has 0 radical (unpaired) electrons. The Hall–Kier alpha value is -2.24. The Morgan fingerprint density at radius 3 is 2.80 bits per heavy atom. The Morgan fingerprint density at radius 2 is 2.20 bits per heavy atom. The van der Waals surface area contributed by atoms with Gasteiger partial charge in [-0.2, -0.15) is 0 Å². The van der Waals surface area contributed by atoms with Gasteiger partial charge in [0.15, 0.2) is 0 Å². The quantitative estimate of drug-likeness (QED) is 0.548. The normalized spacial score (nSPS) is 10.2. The minimum Gasteiger partial charge on any atom is -0.282 e. The van der Waals surface area contributed by atoms with Crippen LogP contribution in [0.5, 0.6) is 0 Å². The van der Waals surface area contributed by atoms with Crippen LogP contribution in [0.3, 0.4) is 0 Å². The minimum absolute atomic E-state index is 0.0291. The summed E-state index contributed by atoms with van der Waals surface area (Å²) in [5.74, 6) is 0.953. The molecule has 0 aromatic carbocycles. The van der Waals surface area contributed by atoms with Crippen molar-refractivity contribution >= 4 is 5.69 Å². The van der Waals surface area contributed by atoms with Gasteiger partial charge in [-0.25, -0.2) is 9.97 Å². The zero-order valence-corrected chi connectivity index (χ0v) is 7.99. The van der Waals surface area contributed by atoms with Gasteiger partial charge in [0.05, 0.1) is 4.92 Å². The molecule has 0 saturated carbocycles. The summed E-state index contributed by atoms with van der Waals surface area (Å²) in [4.78, 5) is 18.3.